The minimum Gasteiger partial charge on any atom is -0.480 e. The smallest absolute Gasteiger partial charge is 0.328 e. The third-order valence-electron chi connectivity index (χ3n) is 2.05. The number of hydrogen-bond acceptors (Lipinski definition) is 3. The van der Waals surface area contributed by atoms with Crippen molar-refractivity contribution in [2.45, 2.75) is 12.5 Å². The Morgan fingerprint density at radius 3 is 2.64 bits per heavy atom. The van der Waals surface area contributed by atoms with Gasteiger partial charge in [-0.1, -0.05) is 18.2 Å². The molecule has 0 heterocycles. The number of aliphatic carboxylic acids is 1. The standard InChI is InChI=1S/C10H10N2O2/c1-10(12,9(13)14)8-5-3-2-4-7(8)6-11/h2-5H,12H2,1H3,(H,13,14)/t10-/m0/s1. The summed E-state index contributed by atoms with van der Waals surface area (Å²) in [7, 11) is 0. The molecule has 72 valence electrons. The van der Waals surface area contributed by atoms with Gasteiger partial charge in [0.05, 0.1) is 11.6 Å². The molecule has 0 saturated heterocycles. The minimum absolute atomic E-state index is 0.292. The molecule has 0 fully saturated rings. The molecule has 0 aromatic heterocycles. The molecule has 4 heteroatoms. The van der Waals surface area contributed by atoms with Crippen molar-refractivity contribution in [1.29, 1.82) is 5.26 Å². The molecule has 1 aromatic carbocycles. The van der Waals surface area contributed by atoms with Crippen LogP contribution < -0.4 is 5.73 Å². The van der Waals surface area contributed by atoms with Crippen LogP contribution in [0.1, 0.15) is 18.1 Å². The van der Waals surface area contributed by atoms with Crippen LogP contribution >= 0.6 is 0 Å². The average molecular weight is 190 g/mol. The van der Waals surface area contributed by atoms with Crippen LogP contribution in [-0.4, -0.2) is 11.1 Å². The van der Waals surface area contributed by atoms with Crippen molar-refractivity contribution in [2.24, 2.45) is 5.73 Å². The Hall–Kier alpha value is -1.86. The molecule has 0 aliphatic carbocycles. The van der Waals surface area contributed by atoms with Gasteiger partial charge < -0.3 is 10.8 Å². The Labute approximate surface area is 81.6 Å². The highest BCUT2D eigenvalue weighted by atomic mass is 16.4. The van der Waals surface area contributed by atoms with Crippen molar-refractivity contribution >= 4 is 5.97 Å². The first-order chi connectivity index (χ1) is 6.50. The van der Waals surface area contributed by atoms with E-state index in [-0.39, 0.29) is 0 Å². The van der Waals surface area contributed by atoms with Crippen molar-refractivity contribution in [2.75, 3.05) is 0 Å². The van der Waals surface area contributed by atoms with Gasteiger partial charge >= 0.3 is 5.97 Å². The summed E-state index contributed by atoms with van der Waals surface area (Å²) >= 11 is 0. The van der Waals surface area contributed by atoms with Crippen LogP contribution in [0.2, 0.25) is 0 Å². The zero-order chi connectivity index (χ0) is 10.8. The van der Waals surface area contributed by atoms with E-state index in [2.05, 4.69) is 0 Å². The maximum atomic E-state index is 10.9. The van der Waals surface area contributed by atoms with Crippen LogP contribution in [0.4, 0.5) is 0 Å². The summed E-state index contributed by atoms with van der Waals surface area (Å²) in [5, 5.41) is 17.6. The van der Waals surface area contributed by atoms with E-state index in [4.69, 9.17) is 16.1 Å². The van der Waals surface area contributed by atoms with Gasteiger partial charge in [0.15, 0.2) is 0 Å². The second-order valence-corrected chi connectivity index (χ2v) is 3.16. The molecule has 0 unspecified atom stereocenters. The molecule has 1 aromatic rings. The molecule has 3 N–H and O–H groups in total. The maximum Gasteiger partial charge on any atom is 0.328 e. The Kier molecular flexibility index (Phi) is 2.54. The van der Waals surface area contributed by atoms with Gasteiger partial charge in [0.25, 0.3) is 0 Å². The molecule has 1 rings (SSSR count). The van der Waals surface area contributed by atoms with Crippen molar-refractivity contribution < 1.29 is 9.90 Å². The molecule has 4 nitrogen and oxygen atoms in total. The van der Waals surface area contributed by atoms with E-state index >= 15 is 0 Å². The summed E-state index contributed by atoms with van der Waals surface area (Å²) in [6.07, 6.45) is 0. The number of hydrogen-bond donors (Lipinski definition) is 2. The van der Waals surface area contributed by atoms with Crippen molar-refractivity contribution in [3.05, 3.63) is 35.4 Å². The maximum absolute atomic E-state index is 10.9. The van der Waals surface area contributed by atoms with Crippen LogP contribution in [0.5, 0.6) is 0 Å². The lowest BCUT2D eigenvalue weighted by Crippen LogP contribution is -2.42. The third kappa shape index (κ3) is 1.58. The fourth-order valence-electron chi connectivity index (χ4n) is 1.15. The van der Waals surface area contributed by atoms with Gasteiger partial charge in [0.1, 0.15) is 5.54 Å². The lowest BCUT2D eigenvalue weighted by molar-refractivity contribution is -0.143. The zero-order valence-corrected chi connectivity index (χ0v) is 7.69. The predicted octanol–water partition coefficient (Wildman–Crippen LogP) is 0.817. The highest BCUT2D eigenvalue weighted by Gasteiger charge is 2.32. The number of nitriles is 1. The number of carboxylic acid groups (broad SMARTS) is 1. The second kappa shape index (κ2) is 3.48. The lowest BCUT2D eigenvalue weighted by atomic mass is 9.90. The normalized spacial score (nSPS) is 14.1. The largest absolute Gasteiger partial charge is 0.480 e. The monoisotopic (exact) mass is 190 g/mol. The zero-order valence-electron chi connectivity index (χ0n) is 7.69. The van der Waals surface area contributed by atoms with Gasteiger partial charge in [-0.2, -0.15) is 5.26 Å². The summed E-state index contributed by atoms with van der Waals surface area (Å²) in [6.45, 7) is 1.37. The number of nitrogens with zero attached hydrogens (tertiary/aromatic N) is 1. The quantitative estimate of drug-likeness (QED) is 0.722. The van der Waals surface area contributed by atoms with Crippen LogP contribution in [-0.2, 0) is 10.3 Å². The molecule has 0 aliphatic heterocycles. The van der Waals surface area contributed by atoms with Crippen LogP contribution in [0, 0.1) is 11.3 Å². The highest BCUT2D eigenvalue weighted by Crippen LogP contribution is 2.21. The van der Waals surface area contributed by atoms with Gasteiger partial charge in [-0.25, -0.2) is 4.79 Å². The number of nitrogens with two attached hydrogens (primary N) is 1. The topological polar surface area (TPSA) is 87.1 Å². The van der Waals surface area contributed by atoms with Crippen molar-refractivity contribution in [1.82, 2.24) is 0 Å². The molecule has 0 aliphatic rings. The molecular weight excluding hydrogens is 180 g/mol. The molecule has 14 heavy (non-hydrogen) atoms. The summed E-state index contributed by atoms with van der Waals surface area (Å²) in [5.41, 5.74) is 4.71. The van der Waals surface area contributed by atoms with E-state index in [0.29, 0.717) is 11.1 Å². The number of carboxylic acids is 1. The van der Waals surface area contributed by atoms with Crippen molar-refractivity contribution in [3.63, 3.8) is 0 Å². The molecule has 0 spiro atoms. The fourth-order valence-corrected chi connectivity index (χ4v) is 1.15. The van der Waals surface area contributed by atoms with Crippen LogP contribution in [0.3, 0.4) is 0 Å². The van der Waals surface area contributed by atoms with Crippen LogP contribution in [0.15, 0.2) is 24.3 Å². The Morgan fingerprint density at radius 2 is 2.14 bits per heavy atom. The first kappa shape index (κ1) is 10.2. The minimum atomic E-state index is -1.52. The number of benzene rings is 1. The molecule has 1 atom stereocenters. The molecular formula is C10H10N2O2. The van der Waals surface area contributed by atoms with Crippen molar-refractivity contribution in [3.8, 4) is 6.07 Å². The number of carbonyl (C=O) groups is 1. The summed E-state index contributed by atoms with van der Waals surface area (Å²) < 4.78 is 0. The molecule has 0 bridgehead atoms. The molecule has 0 saturated carbocycles. The lowest BCUT2D eigenvalue weighted by Gasteiger charge is -2.20. The fraction of sp³-hybridized carbons (Fsp3) is 0.200. The van der Waals surface area contributed by atoms with E-state index in [1.807, 2.05) is 6.07 Å². The average Bonchev–Trinajstić information content (AvgIpc) is 2.17. The van der Waals surface area contributed by atoms with Gasteiger partial charge in [-0.15, -0.1) is 0 Å². The van der Waals surface area contributed by atoms with E-state index in [0.717, 1.165) is 0 Å². The van der Waals surface area contributed by atoms with Gasteiger partial charge in [-0.3, -0.25) is 0 Å². The van der Waals surface area contributed by atoms with Gasteiger partial charge in [0, 0.05) is 5.56 Å². The SMILES string of the molecule is C[C@@](N)(C(=O)O)c1ccccc1C#N. The van der Waals surface area contributed by atoms with Gasteiger partial charge in [-0.05, 0) is 13.0 Å². The predicted molar refractivity (Wildman–Crippen MR) is 50.3 cm³/mol. The summed E-state index contributed by atoms with van der Waals surface area (Å²) in [5.74, 6) is -1.15. The Bertz CT molecular complexity index is 405. The van der Waals surface area contributed by atoms with Crippen LogP contribution in [0.25, 0.3) is 0 Å². The van der Waals surface area contributed by atoms with E-state index < -0.39 is 11.5 Å². The summed E-state index contributed by atoms with van der Waals surface area (Å²) in [4.78, 5) is 10.9. The van der Waals surface area contributed by atoms with E-state index in [1.165, 1.54) is 6.92 Å². The third-order valence-corrected chi connectivity index (χ3v) is 2.05. The molecule has 0 amide bonds. The summed E-state index contributed by atoms with van der Waals surface area (Å²) in [6, 6.07) is 8.33. The second-order valence-electron chi connectivity index (χ2n) is 3.16. The van der Waals surface area contributed by atoms with Gasteiger partial charge in [0.2, 0.25) is 0 Å². The van der Waals surface area contributed by atoms with E-state index in [1.54, 1.807) is 24.3 Å². The Morgan fingerprint density at radius 1 is 1.57 bits per heavy atom. The molecule has 0 radical (unpaired) electrons. The Balaban J connectivity index is 3.33. The first-order valence-corrected chi connectivity index (χ1v) is 4.02. The number of rotatable bonds is 2. The van der Waals surface area contributed by atoms with E-state index in [9.17, 15) is 4.79 Å². The highest BCUT2D eigenvalue weighted by molar-refractivity contribution is 5.80. The first-order valence-electron chi connectivity index (χ1n) is 4.02.